The van der Waals surface area contributed by atoms with Gasteiger partial charge < -0.3 is 39.4 Å². The van der Waals surface area contributed by atoms with Gasteiger partial charge in [0.2, 0.25) is 0 Å². The molecule has 6 rings (SSSR count). The summed E-state index contributed by atoms with van der Waals surface area (Å²) >= 11 is 0. The lowest BCUT2D eigenvalue weighted by Gasteiger charge is -2.59. The van der Waals surface area contributed by atoms with E-state index in [1.807, 2.05) is 13.8 Å². The molecule has 43 heavy (non-hydrogen) atoms. The molecule has 9 heteroatoms. The van der Waals surface area contributed by atoms with Crippen molar-refractivity contribution in [1.82, 2.24) is 0 Å². The summed E-state index contributed by atoms with van der Waals surface area (Å²) in [5.74, 6) is -4.05. The lowest BCUT2D eigenvalue weighted by atomic mass is 9.54. The van der Waals surface area contributed by atoms with Crippen molar-refractivity contribution in [3.8, 4) is 0 Å². The number of hydrogen-bond donors (Lipinski definition) is 4. The first-order chi connectivity index (χ1) is 20.4. The number of carbonyl (C=O) groups excluding carboxylic acids is 1. The van der Waals surface area contributed by atoms with Gasteiger partial charge >= 0.3 is 5.97 Å². The number of rotatable bonds is 12. The van der Waals surface area contributed by atoms with E-state index in [2.05, 4.69) is 13.5 Å². The molecule has 3 aliphatic heterocycles. The maximum Gasteiger partial charge on any atom is 0.306 e. The van der Waals surface area contributed by atoms with Crippen LogP contribution >= 0.6 is 0 Å². The van der Waals surface area contributed by atoms with Crippen LogP contribution in [0, 0.1) is 17.8 Å². The van der Waals surface area contributed by atoms with E-state index < -0.39 is 77.0 Å². The van der Waals surface area contributed by atoms with Gasteiger partial charge in [0.05, 0.1) is 18.3 Å². The molecular weight excluding hydrogens is 552 g/mol. The molecule has 0 spiro atoms. The van der Waals surface area contributed by atoms with Crippen LogP contribution in [0.1, 0.15) is 79.1 Å². The Bertz CT molecular complexity index is 1240. The van der Waals surface area contributed by atoms with Crippen molar-refractivity contribution < 1.29 is 44.2 Å². The number of Topliss-reactive ketones (excluding diaryl/α,β-unsaturated/α-hetero) is 1. The lowest BCUT2D eigenvalue weighted by molar-refractivity contribution is -0.406. The minimum atomic E-state index is -2.25. The van der Waals surface area contributed by atoms with Crippen LogP contribution in [0.2, 0.25) is 0 Å². The molecule has 2 saturated carbocycles. The third-order valence-electron chi connectivity index (χ3n) is 11.3. The number of ketones is 1. The summed E-state index contributed by atoms with van der Waals surface area (Å²) in [6, 6.07) is 0. The number of allylic oxidation sites excluding steroid dienone is 2. The Balaban J connectivity index is 1.33. The second kappa shape index (κ2) is 10.7. The van der Waals surface area contributed by atoms with E-state index in [1.54, 1.807) is 37.3 Å². The maximum atomic E-state index is 13.5. The van der Waals surface area contributed by atoms with E-state index in [4.69, 9.17) is 18.9 Å². The fourth-order valence-corrected chi connectivity index (χ4v) is 9.01. The second-order valence-electron chi connectivity index (χ2n) is 13.9. The highest BCUT2D eigenvalue weighted by molar-refractivity contribution is 6.05. The van der Waals surface area contributed by atoms with E-state index in [9.17, 15) is 25.2 Å². The van der Waals surface area contributed by atoms with Crippen molar-refractivity contribution in [2.45, 2.75) is 132 Å². The summed E-state index contributed by atoms with van der Waals surface area (Å²) in [4.78, 5) is 13.5. The first kappa shape index (κ1) is 31.3. The Morgan fingerprint density at radius 3 is 2.56 bits per heavy atom. The van der Waals surface area contributed by atoms with Crippen LogP contribution in [0.25, 0.3) is 0 Å². The summed E-state index contributed by atoms with van der Waals surface area (Å²) in [7, 11) is 0. The quantitative estimate of drug-likeness (QED) is 0.115. The molecule has 3 aliphatic carbocycles. The van der Waals surface area contributed by atoms with Gasteiger partial charge in [-0.2, -0.15) is 0 Å². The van der Waals surface area contributed by atoms with Crippen molar-refractivity contribution >= 4 is 5.78 Å². The predicted octanol–water partition coefficient (Wildman–Crippen LogP) is 3.40. The van der Waals surface area contributed by atoms with Gasteiger partial charge in [0.15, 0.2) is 11.4 Å². The molecule has 0 radical (unpaired) electrons. The van der Waals surface area contributed by atoms with Crippen LogP contribution in [0.15, 0.2) is 48.1 Å². The molecule has 0 unspecified atom stereocenters. The third-order valence-corrected chi connectivity index (χ3v) is 11.3. The normalized spacial score (nSPS) is 48.3. The molecule has 9 nitrogen and oxygen atoms in total. The second-order valence-corrected chi connectivity index (χ2v) is 13.9. The van der Waals surface area contributed by atoms with Crippen molar-refractivity contribution in [3.05, 3.63) is 48.1 Å². The van der Waals surface area contributed by atoms with E-state index in [0.717, 1.165) is 18.4 Å². The zero-order valence-corrected chi connectivity index (χ0v) is 25.8. The number of aliphatic hydroxyl groups is 4. The van der Waals surface area contributed by atoms with Gasteiger partial charge in [-0.3, -0.25) is 4.79 Å². The summed E-state index contributed by atoms with van der Waals surface area (Å²) in [6.07, 6.45) is 13.0. The summed E-state index contributed by atoms with van der Waals surface area (Å²) < 4.78 is 26.4. The highest BCUT2D eigenvalue weighted by Crippen LogP contribution is 2.72. The monoisotopic (exact) mass is 600 g/mol. The first-order valence-corrected chi connectivity index (χ1v) is 16.1. The molecule has 6 aliphatic rings. The van der Waals surface area contributed by atoms with E-state index in [-0.39, 0.29) is 5.92 Å². The van der Waals surface area contributed by atoms with Gasteiger partial charge in [-0.25, -0.2) is 0 Å². The zero-order valence-electron chi connectivity index (χ0n) is 25.8. The standard InChI is InChI=1S/C34H48O9/c1-6-7-8-9-10-11-14-23(36)15-12-13-16-32-41-27-25-28-31(19-35,40-28)29(38)33(39)24(17-21(4)26(33)37)34(25,43-32)22(5)18-30(27,42-32)20(2)3/h12-13,15-17,22-25,27-29,35-36,38-39H,2,6-11,14,18-19H2,1,3-5H3/b15-12+,16-13+/t22-,23-,24-,25-,27-,28+,29-,30-,31+,32-,33-,34+/m1/s1. The Kier molecular flexibility index (Phi) is 7.79. The van der Waals surface area contributed by atoms with Gasteiger partial charge in [0, 0.05) is 17.9 Å². The molecule has 12 atom stereocenters. The number of unbranched alkanes of at least 4 members (excludes halogenated alkanes) is 5. The third kappa shape index (κ3) is 4.23. The van der Waals surface area contributed by atoms with Crippen LogP contribution in [-0.2, 0) is 23.7 Å². The number of hydrogen-bond acceptors (Lipinski definition) is 9. The first-order valence-electron chi connectivity index (χ1n) is 16.1. The summed E-state index contributed by atoms with van der Waals surface area (Å²) in [5, 5.41) is 44.7. The molecule has 5 fully saturated rings. The number of aliphatic hydroxyl groups excluding tert-OH is 3. The molecule has 3 heterocycles. The molecule has 0 aromatic rings. The van der Waals surface area contributed by atoms with Gasteiger partial charge in [-0.1, -0.05) is 83.3 Å². The number of ether oxygens (including phenoxy) is 4. The van der Waals surface area contributed by atoms with Crippen LogP contribution < -0.4 is 0 Å². The smallest absolute Gasteiger partial charge is 0.306 e. The summed E-state index contributed by atoms with van der Waals surface area (Å²) in [6.45, 7) is 11.4. The fourth-order valence-electron chi connectivity index (χ4n) is 9.01. The Morgan fingerprint density at radius 2 is 1.86 bits per heavy atom. The fraction of sp³-hybridized carbons (Fsp3) is 0.735. The van der Waals surface area contributed by atoms with Gasteiger partial charge in [-0.15, -0.1) is 0 Å². The molecule has 0 aromatic heterocycles. The molecule has 0 amide bonds. The van der Waals surface area contributed by atoms with Crippen LogP contribution in [0.3, 0.4) is 0 Å². The molecule has 0 aromatic carbocycles. The molecule has 4 N–H and O–H groups in total. The number of fused-ring (bicyclic) bond motifs is 3. The molecule has 238 valence electrons. The largest absolute Gasteiger partial charge is 0.393 e. The van der Waals surface area contributed by atoms with E-state index in [1.165, 1.54) is 25.7 Å². The maximum absolute atomic E-state index is 13.5. The van der Waals surface area contributed by atoms with E-state index >= 15 is 0 Å². The Hall–Kier alpha value is -1.69. The average molecular weight is 601 g/mol. The van der Waals surface area contributed by atoms with E-state index in [0.29, 0.717) is 18.4 Å². The molecule has 3 bridgehead atoms. The number of carbonyl (C=O) groups is 1. The van der Waals surface area contributed by atoms with Crippen molar-refractivity contribution in [2.75, 3.05) is 6.61 Å². The van der Waals surface area contributed by atoms with Gasteiger partial charge in [0.25, 0.3) is 0 Å². The van der Waals surface area contributed by atoms with Gasteiger partial charge in [-0.05, 0) is 43.8 Å². The zero-order chi connectivity index (χ0) is 31.0. The lowest BCUT2D eigenvalue weighted by Crippen LogP contribution is -2.72. The average Bonchev–Trinajstić information content (AvgIpc) is 3.61. The molecular formula is C34H48O9. The van der Waals surface area contributed by atoms with Crippen LogP contribution in [-0.4, -0.2) is 85.6 Å². The van der Waals surface area contributed by atoms with Crippen molar-refractivity contribution in [2.24, 2.45) is 17.8 Å². The van der Waals surface area contributed by atoms with Crippen molar-refractivity contribution in [3.63, 3.8) is 0 Å². The highest BCUT2D eigenvalue weighted by atomic mass is 16.9. The predicted molar refractivity (Wildman–Crippen MR) is 158 cm³/mol. The summed E-state index contributed by atoms with van der Waals surface area (Å²) in [5.41, 5.74) is -4.91. The topological polar surface area (TPSA) is 138 Å². The minimum absolute atomic E-state index is 0.281. The molecule has 3 saturated heterocycles. The number of epoxide rings is 1. The highest BCUT2D eigenvalue weighted by Gasteiger charge is 2.88. The Morgan fingerprint density at radius 1 is 1.14 bits per heavy atom. The minimum Gasteiger partial charge on any atom is -0.393 e. The van der Waals surface area contributed by atoms with Crippen LogP contribution in [0.5, 0.6) is 0 Å². The van der Waals surface area contributed by atoms with Crippen molar-refractivity contribution in [1.29, 1.82) is 0 Å². The Labute approximate surface area is 254 Å². The SMILES string of the molecule is C=C(C)[C@]12C[C@@H](C)[C@@]34O[C@](/C=C/C=C/[C@H](O)CCCCCCCC)(O[C@@H]1[C@@H]3[C@@H]1O[C@]1(CO)[C@@H](O)[C@]1(O)C(=O)C(C)=C[C@H]14)O2. The van der Waals surface area contributed by atoms with Crippen LogP contribution in [0.4, 0.5) is 0 Å². The van der Waals surface area contributed by atoms with Gasteiger partial charge in [0.1, 0.15) is 29.5 Å².